The number of amides is 1. The molecule has 0 bridgehead atoms. The van der Waals surface area contributed by atoms with Gasteiger partial charge in [-0.3, -0.25) is 24.4 Å². The Kier molecular flexibility index (Phi) is 5.32. The molecule has 1 aromatic carbocycles. The number of hydrogen-bond acceptors (Lipinski definition) is 7. The molecule has 0 saturated heterocycles. The summed E-state index contributed by atoms with van der Waals surface area (Å²) < 4.78 is 1.28. The Morgan fingerprint density at radius 2 is 1.93 bits per heavy atom. The van der Waals surface area contributed by atoms with E-state index in [0.29, 0.717) is 16.3 Å². The van der Waals surface area contributed by atoms with Gasteiger partial charge in [0.15, 0.2) is 10.9 Å². The van der Waals surface area contributed by atoms with Gasteiger partial charge in [0, 0.05) is 12.5 Å². The molecule has 0 atom stereocenters. The van der Waals surface area contributed by atoms with Gasteiger partial charge in [-0.05, 0) is 13.8 Å². The monoisotopic (exact) mass is 399 g/mol. The van der Waals surface area contributed by atoms with Gasteiger partial charge in [-0.1, -0.05) is 41.7 Å². The van der Waals surface area contributed by atoms with E-state index < -0.39 is 10.8 Å². The molecule has 0 fully saturated rings. The van der Waals surface area contributed by atoms with E-state index in [9.17, 15) is 19.7 Å². The second kappa shape index (κ2) is 7.69. The normalized spacial score (nSPS) is 10.7. The van der Waals surface area contributed by atoms with Crippen LogP contribution < -0.4 is 5.32 Å². The van der Waals surface area contributed by atoms with E-state index in [-0.39, 0.29) is 28.8 Å². The summed E-state index contributed by atoms with van der Waals surface area (Å²) in [6.07, 6.45) is 0. The third-order valence-corrected chi connectivity index (χ3v) is 5.13. The van der Waals surface area contributed by atoms with Crippen LogP contribution in [0.4, 0.5) is 10.8 Å². The zero-order chi connectivity index (χ0) is 20.4. The standard InChI is InChI=1S/C18H17N5O4S/c1-10-16(23(26)27)11(2)22(21-10)9-14(25)19-18-20-15(17(28-18)12(3)24)13-7-5-4-6-8-13/h4-8H,9H2,1-3H3,(H,19,20,25). The number of nitrogens with one attached hydrogen (secondary N) is 1. The molecule has 0 radical (unpaired) electrons. The number of carbonyl (C=O) groups is 2. The fraction of sp³-hybridized carbons (Fsp3) is 0.222. The minimum absolute atomic E-state index is 0.104. The second-order valence-corrected chi connectivity index (χ2v) is 7.10. The van der Waals surface area contributed by atoms with E-state index in [1.165, 1.54) is 25.5 Å². The van der Waals surface area contributed by atoms with Gasteiger partial charge in [-0.15, -0.1) is 0 Å². The van der Waals surface area contributed by atoms with Gasteiger partial charge in [0.2, 0.25) is 5.91 Å². The number of aromatic nitrogens is 3. The lowest BCUT2D eigenvalue weighted by Crippen LogP contribution is -2.20. The van der Waals surface area contributed by atoms with Gasteiger partial charge in [0.1, 0.15) is 17.9 Å². The summed E-state index contributed by atoms with van der Waals surface area (Å²) in [4.78, 5) is 39.7. The number of rotatable bonds is 6. The maximum Gasteiger partial charge on any atom is 0.312 e. The van der Waals surface area contributed by atoms with Crippen molar-refractivity contribution in [3.63, 3.8) is 0 Å². The molecule has 0 aliphatic heterocycles. The van der Waals surface area contributed by atoms with Crippen LogP contribution in [0.25, 0.3) is 11.3 Å². The summed E-state index contributed by atoms with van der Waals surface area (Å²) in [7, 11) is 0. The van der Waals surface area contributed by atoms with Crippen LogP contribution in [0.2, 0.25) is 0 Å². The van der Waals surface area contributed by atoms with Crippen molar-refractivity contribution in [2.45, 2.75) is 27.3 Å². The van der Waals surface area contributed by atoms with Crippen molar-refractivity contribution in [2.75, 3.05) is 5.32 Å². The molecular weight excluding hydrogens is 382 g/mol. The van der Waals surface area contributed by atoms with Crippen molar-refractivity contribution >= 4 is 33.8 Å². The summed E-state index contributed by atoms with van der Waals surface area (Å²) in [5.41, 5.74) is 1.72. The fourth-order valence-corrected chi connectivity index (χ4v) is 3.70. The first-order chi connectivity index (χ1) is 13.3. The Labute approximate surface area is 164 Å². The highest BCUT2D eigenvalue weighted by Crippen LogP contribution is 2.31. The van der Waals surface area contributed by atoms with Crippen molar-refractivity contribution in [1.29, 1.82) is 0 Å². The molecule has 10 heteroatoms. The average molecular weight is 399 g/mol. The Morgan fingerprint density at radius 1 is 1.25 bits per heavy atom. The van der Waals surface area contributed by atoms with E-state index in [1.807, 2.05) is 30.3 Å². The Bertz CT molecular complexity index is 1070. The molecule has 28 heavy (non-hydrogen) atoms. The van der Waals surface area contributed by atoms with E-state index in [0.717, 1.165) is 16.9 Å². The molecule has 0 aliphatic rings. The zero-order valence-electron chi connectivity index (χ0n) is 15.4. The Morgan fingerprint density at radius 3 is 2.50 bits per heavy atom. The van der Waals surface area contributed by atoms with Crippen LogP contribution in [0, 0.1) is 24.0 Å². The molecule has 1 amide bonds. The second-order valence-electron chi connectivity index (χ2n) is 6.10. The highest BCUT2D eigenvalue weighted by molar-refractivity contribution is 7.18. The average Bonchev–Trinajstić information content (AvgIpc) is 3.17. The number of nitrogens with zero attached hydrogens (tertiary/aromatic N) is 4. The van der Waals surface area contributed by atoms with Gasteiger partial charge in [-0.2, -0.15) is 5.10 Å². The third-order valence-electron chi connectivity index (χ3n) is 4.06. The molecule has 0 unspecified atom stereocenters. The highest BCUT2D eigenvalue weighted by Gasteiger charge is 2.23. The number of thiazole rings is 1. The van der Waals surface area contributed by atoms with Crippen molar-refractivity contribution in [3.8, 4) is 11.3 Å². The van der Waals surface area contributed by atoms with Crippen LogP contribution in [-0.2, 0) is 11.3 Å². The van der Waals surface area contributed by atoms with Crippen molar-refractivity contribution in [1.82, 2.24) is 14.8 Å². The molecule has 0 saturated carbocycles. The number of Topliss-reactive ketones (excluding diaryl/α,β-unsaturated/α-hetero) is 1. The lowest BCUT2D eigenvalue weighted by molar-refractivity contribution is -0.386. The van der Waals surface area contributed by atoms with E-state index in [4.69, 9.17) is 0 Å². The topological polar surface area (TPSA) is 120 Å². The number of carbonyl (C=O) groups excluding carboxylic acids is 2. The number of anilines is 1. The first-order valence-corrected chi connectivity index (χ1v) is 9.15. The number of ketones is 1. The maximum absolute atomic E-state index is 12.4. The molecule has 2 aromatic heterocycles. The van der Waals surface area contributed by atoms with Gasteiger partial charge in [0.05, 0.1) is 15.5 Å². The molecule has 1 N–H and O–H groups in total. The molecule has 3 aromatic rings. The molecular formula is C18H17N5O4S. The van der Waals surface area contributed by atoms with E-state index in [2.05, 4.69) is 15.4 Å². The van der Waals surface area contributed by atoms with E-state index >= 15 is 0 Å². The number of aryl methyl sites for hydroxylation is 1. The van der Waals surface area contributed by atoms with Crippen molar-refractivity contribution in [3.05, 3.63) is 56.7 Å². The maximum atomic E-state index is 12.4. The summed E-state index contributed by atoms with van der Waals surface area (Å²) in [6, 6.07) is 9.21. The predicted molar refractivity (Wildman–Crippen MR) is 105 cm³/mol. The lowest BCUT2D eigenvalue weighted by atomic mass is 10.1. The number of benzene rings is 1. The van der Waals surface area contributed by atoms with Gasteiger partial charge in [0.25, 0.3) is 0 Å². The number of nitro groups is 1. The van der Waals surface area contributed by atoms with Gasteiger partial charge in [-0.25, -0.2) is 4.98 Å². The minimum atomic E-state index is -0.516. The summed E-state index contributed by atoms with van der Waals surface area (Å²) in [6.45, 7) is 4.30. The smallest absolute Gasteiger partial charge is 0.300 e. The van der Waals surface area contributed by atoms with E-state index in [1.54, 1.807) is 0 Å². The zero-order valence-corrected chi connectivity index (χ0v) is 16.2. The van der Waals surface area contributed by atoms with Crippen LogP contribution in [0.15, 0.2) is 30.3 Å². The van der Waals surface area contributed by atoms with Crippen LogP contribution in [0.3, 0.4) is 0 Å². The van der Waals surface area contributed by atoms with Crippen LogP contribution in [0.5, 0.6) is 0 Å². The minimum Gasteiger partial charge on any atom is -0.300 e. The first-order valence-electron chi connectivity index (χ1n) is 8.33. The lowest BCUT2D eigenvalue weighted by Gasteiger charge is -2.03. The summed E-state index contributed by atoms with van der Waals surface area (Å²) >= 11 is 1.09. The van der Waals surface area contributed by atoms with Crippen molar-refractivity contribution in [2.24, 2.45) is 0 Å². The first kappa shape index (κ1) is 19.4. The quantitative estimate of drug-likeness (QED) is 0.385. The SMILES string of the molecule is CC(=O)c1sc(NC(=O)Cn2nc(C)c([N+](=O)[O-])c2C)nc1-c1ccccc1. The molecule has 0 aliphatic carbocycles. The molecule has 3 rings (SSSR count). The fourth-order valence-electron chi connectivity index (χ4n) is 2.80. The largest absolute Gasteiger partial charge is 0.312 e. The van der Waals surface area contributed by atoms with Crippen LogP contribution in [-0.4, -0.2) is 31.4 Å². The van der Waals surface area contributed by atoms with Crippen LogP contribution in [0.1, 0.15) is 28.0 Å². The van der Waals surface area contributed by atoms with Crippen LogP contribution >= 0.6 is 11.3 Å². The molecule has 2 heterocycles. The third kappa shape index (κ3) is 3.81. The highest BCUT2D eigenvalue weighted by atomic mass is 32.1. The van der Waals surface area contributed by atoms with Crippen molar-refractivity contribution < 1.29 is 14.5 Å². The Balaban J connectivity index is 1.83. The molecule has 9 nitrogen and oxygen atoms in total. The molecule has 0 spiro atoms. The van der Waals surface area contributed by atoms with Gasteiger partial charge < -0.3 is 5.32 Å². The molecule has 144 valence electrons. The Hall–Kier alpha value is -3.40. The van der Waals surface area contributed by atoms with Gasteiger partial charge >= 0.3 is 5.69 Å². The predicted octanol–water partition coefficient (Wildman–Crippen LogP) is 3.37. The number of hydrogen-bond donors (Lipinski definition) is 1. The summed E-state index contributed by atoms with van der Waals surface area (Å²) in [5, 5.41) is 18.1. The summed E-state index contributed by atoms with van der Waals surface area (Å²) in [5.74, 6) is -0.588.